The quantitative estimate of drug-likeness (QED) is 0.333. The van der Waals surface area contributed by atoms with Gasteiger partial charge in [0, 0.05) is 0 Å². The Morgan fingerprint density at radius 1 is 1.79 bits per heavy atom. The highest BCUT2D eigenvalue weighted by atomic mass is 16.6. The van der Waals surface area contributed by atoms with Crippen LogP contribution in [-0.2, 0) is 4.84 Å². The second-order valence-corrected chi connectivity index (χ2v) is 2.23. The lowest BCUT2D eigenvalue weighted by Crippen LogP contribution is -2.04. The first-order chi connectivity index (χ1) is 6.75. The van der Waals surface area contributed by atoms with Crippen molar-refractivity contribution in [1.82, 2.24) is 4.98 Å². The van der Waals surface area contributed by atoms with Gasteiger partial charge in [0.05, 0.1) is 0 Å². The van der Waals surface area contributed by atoms with E-state index in [4.69, 9.17) is 11.3 Å². The average molecular weight is 193 g/mol. The fourth-order valence-corrected chi connectivity index (χ4v) is 0.778. The van der Waals surface area contributed by atoms with E-state index in [0.29, 0.717) is 0 Å². The Balaban J connectivity index is 2.75. The molecule has 0 saturated carbocycles. The summed E-state index contributed by atoms with van der Waals surface area (Å²) in [6, 6.07) is 3.02. The summed E-state index contributed by atoms with van der Waals surface area (Å²) >= 11 is 0. The van der Waals surface area contributed by atoms with E-state index in [0.717, 1.165) is 0 Å². The van der Waals surface area contributed by atoms with Gasteiger partial charge < -0.3 is 10.1 Å². The molecule has 1 heterocycles. The predicted octanol–water partition coefficient (Wildman–Crippen LogP) is 0.966. The van der Waals surface area contributed by atoms with Crippen molar-refractivity contribution < 1.29 is 9.76 Å². The molecule has 0 amide bonds. The van der Waals surface area contributed by atoms with E-state index in [1.54, 1.807) is 6.07 Å². The second kappa shape index (κ2) is 4.79. The average Bonchev–Trinajstić information content (AvgIpc) is 2.19. The van der Waals surface area contributed by atoms with E-state index in [2.05, 4.69) is 16.4 Å². The lowest BCUT2D eigenvalue weighted by atomic mass is 10.4. The number of nitro groups is 1. The Labute approximate surface area is 80.0 Å². The van der Waals surface area contributed by atoms with E-state index < -0.39 is 4.92 Å². The fourth-order valence-electron chi connectivity index (χ4n) is 0.778. The largest absolute Gasteiger partial charge is 0.389 e. The number of hydrogen-bond donors (Lipinski definition) is 1. The SMILES string of the molecule is C#CCONc1cccnc1[N+](=O)[O-]. The smallest absolute Gasteiger partial charge is 0.358 e. The number of terminal acetylenes is 1. The number of pyridine rings is 1. The minimum Gasteiger partial charge on any atom is -0.358 e. The third kappa shape index (κ3) is 2.43. The summed E-state index contributed by atoms with van der Waals surface area (Å²) in [7, 11) is 0. The van der Waals surface area contributed by atoms with Crippen molar-refractivity contribution in [3.05, 3.63) is 28.4 Å². The molecule has 0 saturated heterocycles. The first kappa shape index (κ1) is 9.95. The molecule has 0 atom stereocenters. The van der Waals surface area contributed by atoms with Gasteiger partial charge in [-0.15, -0.1) is 6.42 Å². The summed E-state index contributed by atoms with van der Waals surface area (Å²) in [6.45, 7) is 0.0199. The maximum absolute atomic E-state index is 10.5. The van der Waals surface area contributed by atoms with Crippen LogP contribution < -0.4 is 5.48 Å². The molecule has 0 fully saturated rings. The summed E-state index contributed by atoms with van der Waals surface area (Å²) in [6.07, 6.45) is 6.25. The molecule has 0 aliphatic heterocycles. The van der Waals surface area contributed by atoms with Gasteiger partial charge in [-0.3, -0.25) is 10.3 Å². The number of hydrogen-bond acceptors (Lipinski definition) is 5. The molecular weight excluding hydrogens is 186 g/mol. The molecule has 0 radical (unpaired) electrons. The van der Waals surface area contributed by atoms with Crippen LogP contribution in [0.2, 0.25) is 0 Å². The van der Waals surface area contributed by atoms with Gasteiger partial charge >= 0.3 is 5.82 Å². The summed E-state index contributed by atoms with van der Waals surface area (Å²) in [5.74, 6) is 1.91. The number of nitrogens with one attached hydrogen (secondary N) is 1. The Bertz CT molecular complexity index is 372. The third-order valence-electron chi connectivity index (χ3n) is 1.30. The molecule has 0 aliphatic carbocycles. The molecule has 6 nitrogen and oxygen atoms in total. The number of rotatable bonds is 4. The maximum Gasteiger partial charge on any atom is 0.389 e. The zero-order valence-electron chi connectivity index (χ0n) is 7.14. The van der Waals surface area contributed by atoms with Crippen LogP contribution in [0, 0.1) is 22.5 Å². The van der Waals surface area contributed by atoms with Crippen molar-refractivity contribution >= 4 is 11.5 Å². The molecule has 1 rings (SSSR count). The van der Waals surface area contributed by atoms with Gasteiger partial charge in [-0.1, -0.05) is 5.92 Å². The molecule has 1 N–H and O–H groups in total. The molecule has 0 aromatic carbocycles. The standard InChI is InChI=1S/C8H7N3O3/c1-2-6-14-10-7-4-3-5-9-8(7)11(12)13/h1,3-5,10H,6H2. The summed E-state index contributed by atoms with van der Waals surface area (Å²) in [5, 5.41) is 10.5. The van der Waals surface area contributed by atoms with Gasteiger partial charge in [0.1, 0.15) is 12.8 Å². The van der Waals surface area contributed by atoms with Crippen molar-refractivity contribution in [2.45, 2.75) is 0 Å². The molecule has 0 spiro atoms. The second-order valence-electron chi connectivity index (χ2n) is 2.23. The zero-order chi connectivity index (χ0) is 10.4. The molecule has 14 heavy (non-hydrogen) atoms. The van der Waals surface area contributed by atoms with Crippen LogP contribution in [0.3, 0.4) is 0 Å². The molecule has 0 bridgehead atoms. The molecule has 6 heteroatoms. The number of anilines is 1. The van der Waals surface area contributed by atoms with Gasteiger partial charge in [-0.05, 0) is 22.0 Å². The highest BCUT2D eigenvalue weighted by Gasteiger charge is 2.13. The van der Waals surface area contributed by atoms with Crippen LogP contribution >= 0.6 is 0 Å². The van der Waals surface area contributed by atoms with Crippen LogP contribution in [-0.4, -0.2) is 16.5 Å². The molecular formula is C8H7N3O3. The van der Waals surface area contributed by atoms with Crippen LogP contribution in [0.25, 0.3) is 0 Å². The molecule has 1 aromatic heterocycles. The van der Waals surface area contributed by atoms with Crippen molar-refractivity contribution in [2.75, 3.05) is 12.1 Å². The van der Waals surface area contributed by atoms with Crippen LogP contribution in [0.5, 0.6) is 0 Å². The van der Waals surface area contributed by atoms with Gasteiger partial charge in [0.15, 0.2) is 5.69 Å². The van der Waals surface area contributed by atoms with Crippen molar-refractivity contribution in [2.24, 2.45) is 0 Å². The van der Waals surface area contributed by atoms with Crippen molar-refractivity contribution in [1.29, 1.82) is 0 Å². The highest BCUT2D eigenvalue weighted by molar-refractivity contribution is 5.54. The van der Waals surface area contributed by atoms with Crippen LogP contribution in [0.15, 0.2) is 18.3 Å². The summed E-state index contributed by atoms with van der Waals surface area (Å²) in [4.78, 5) is 18.1. The van der Waals surface area contributed by atoms with E-state index in [-0.39, 0.29) is 18.1 Å². The third-order valence-corrected chi connectivity index (χ3v) is 1.30. The van der Waals surface area contributed by atoms with E-state index in [9.17, 15) is 10.1 Å². The normalized spacial score (nSPS) is 9.07. The minimum absolute atomic E-state index is 0.0199. The van der Waals surface area contributed by atoms with E-state index in [1.165, 1.54) is 12.3 Å². The zero-order valence-corrected chi connectivity index (χ0v) is 7.14. The monoisotopic (exact) mass is 193 g/mol. The lowest BCUT2D eigenvalue weighted by Gasteiger charge is -2.03. The molecule has 0 aliphatic rings. The molecule has 0 unspecified atom stereocenters. The Kier molecular flexibility index (Phi) is 3.41. The summed E-state index contributed by atoms with van der Waals surface area (Å²) < 4.78 is 0. The van der Waals surface area contributed by atoms with Gasteiger partial charge in [-0.25, -0.2) is 0 Å². The van der Waals surface area contributed by atoms with Gasteiger partial charge in [0.25, 0.3) is 0 Å². The Morgan fingerprint density at radius 2 is 2.57 bits per heavy atom. The van der Waals surface area contributed by atoms with Crippen LogP contribution in [0.1, 0.15) is 0 Å². The fraction of sp³-hybridized carbons (Fsp3) is 0.125. The first-order valence-corrected chi connectivity index (χ1v) is 3.66. The van der Waals surface area contributed by atoms with E-state index in [1.807, 2.05) is 0 Å². The van der Waals surface area contributed by atoms with Crippen molar-refractivity contribution in [3.8, 4) is 12.3 Å². The Hall–Kier alpha value is -2.13. The number of aromatic nitrogens is 1. The first-order valence-electron chi connectivity index (χ1n) is 3.66. The van der Waals surface area contributed by atoms with E-state index >= 15 is 0 Å². The Morgan fingerprint density at radius 3 is 3.21 bits per heavy atom. The maximum atomic E-state index is 10.5. The summed E-state index contributed by atoms with van der Waals surface area (Å²) in [5.41, 5.74) is 2.52. The minimum atomic E-state index is -0.610. The number of nitrogens with zero attached hydrogens (tertiary/aromatic N) is 2. The molecule has 1 aromatic rings. The van der Waals surface area contributed by atoms with Gasteiger partial charge in [0.2, 0.25) is 0 Å². The topological polar surface area (TPSA) is 77.3 Å². The molecule has 72 valence electrons. The highest BCUT2D eigenvalue weighted by Crippen LogP contribution is 2.19. The van der Waals surface area contributed by atoms with Crippen molar-refractivity contribution in [3.63, 3.8) is 0 Å². The van der Waals surface area contributed by atoms with Crippen LogP contribution in [0.4, 0.5) is 11.5 Å². The van der Waals surface area contributed by atoms with Gasteiger partial charge in [-0.2, -0.15) is 0 Å². The lowest BCUT2D eigenvalue weighted by molar-refractivity contribution is -0.388. The predicted molar refractivity (Wildman–Crippen MR) is 49.3 cm³/mol.